The summed E-state index contributed by atoms with van der Waals surface area (Å²) < 4.78 is 22.4. The van der Waals surface area contributed by atoms with Gasteiger partial charge in [-0.25, -0.2) is 19.2 Å². The first-order valence-corrected chi connectivity index (χ1v) is 21.1. The second kappa shape index (κ2) is 21.5. The third kappa shape index (κ3) is 11.4. The van der Waals surface area contributed by atoms with Gasteiger partial charge in [0.2, 0.25) is 0 Å². The monoisotopic (exact) mass is 872 g/mol. The zero-order valence-corrected chi connectivity index (χ0v) is 35.7. The highest BCUT2D eigenvalue weighted by Crippen LogP contribution is 2.42. The molecule has 2 aliphatic rings. The van der Waals surface area contributed by atoms with Crippen LogP contribution in [0.1, 0.15) is 93.0 Å². The number of hydrogen-bond donors (Lipinski definition) is 4. The fraction of sp³-hybridized carbons (Fsp3) is 0.375. The summed E-state index contributed by atoms with van der Waals surface area (Å²) in [4.78, 5) is 55.7. The Morgan fingerprint density at radius 2 is 1.03 bits per heavy atom. The van der Waals surface area contributed by atoms with Gasteiger partial charge in [0, 0.05) is 36.3 Å². The zero-order valence-electron chi connectivity index (χ0n) is 35.7. The molecule has 0 amide bonds. The lowest BCUT2D eigenvalue weighted by molar-refractivity contribution is -0.178. The van der Waals surface area contributed by atoms with Gasteiger partial charge < -0.3 is 50.4 Å². The Morgan fingerprint density at radius 1 is 0.656 bits per heavy atom. The first-order chi connectivity index (χ1) is 30.8. The van der Waals surface area contributed by atoms with E-state index in [1.54, 1.807) is 84.9 Å². The largest absolute Gasteiger partial charge is 0.462 e. The Kier molecular flexibility index (Phi) is 15.7. The van der Waals surface area contributed by atoms with Crippen LogP contribution >= 0.6 is 0 Å². The van der Waals surface area contributed by atoms with Crippen LogP contribution in [0.2, 0.25) is 0 Å². The zero-order chi connectivity index (χ0) is 45.9. The van der Waals surface area contributed by atoms with Gasteiger partial charge in [-0.1, -0.05) is 36.4 Å². The van der Waals surface area contributed by atoms with Crippen molar-refractivity contribution in [2.75, 3.05) is 49.2 Å². The van der Waals surface area contributed by atoms with Gasteiger partial charge >= 0.3 is 23.9 Å². The van der Waals surface area contributed by atoms with Crippen molar-refractivity contribution in [2.24, 2.45) is 11.5 Å². The molecule has 0 saturated heterocycles. The number of anilines is 2. The quantitative estimate of drug-likeness (QED) is 0.0592. The molecule has 4 unspecified atom stereocenters. The van der Waals surface area contributed by atoms with Crippen molar-refractivity contribution in [2.45, 2.75) is 76.0 Å². The van der Waals surface area contributed by atoms with Crippen LogP contribution in [-0.4, -0.2) is 97.8 Å². The summed E-state index contributed by atoms with van der Waals surface area (Å²) in [5.74, 6) is -3.57. The highest BCUT2D eigenvalue weighted by atomic mass is 16.6. The number of benzene rings is 4. The lowest BCUT2D eigenvalue weighted by atomic mass is 9.98. The van der Waals surface area contributed by atoms with E-state index in [9.17, 15) is 39.9 Å². The summed E-state index contributed by atoms with van der Waals surface area (Å²) in [6.45, 7) is 4.49. The van der Waals surface area contributed by atoms with Crippen molar-refractivity contribution in [3.63, 3.8) is 0 Å². The normalized spacial score (nSPS) is 16.9. The van der Waals surface area contributed by atoms with Crippen molar-refractivity contribution < 1.29 is 48.3 Å². The SMILES string of the molecule is C[C@H](N)Cc1cc(C#N)c2c(c1)C(OC(=O)C(O)C(O)C(=O)OC1CN(CCCOC(=O)c3ccccc3)c3c(C#N)cc(C[C@H](C)N)cc31)CN2CCCOC(=O)c1ccccc1. The maximum Gasteiger partial charge on any atom is 0.339 e. The number of ether oxygens (including phenoxy) is 4. The van der Waals surface area contributed by atoms with E-state index in [1.165, 1.54) is 0 Å². The molecule has 2 heterocycles. The molecule has 0 bridgehead atoms. The Morgan fingerprint density at radius 3 is 1.38 bits per heavy atom. The van der Waals surface area contributed by atoms with Crippen LogP contribution in [0, 0.1) is 22.7 Å². The molecular formula is C48H52N6O10. The number of nitrogens with two attached hydrogens (primary N) is 2. The summed E-state index contributed by atoms with van der Waals surface area (Å²) >= 11 is 0. The number of nitriles is 2. The van der Waals surface area contributed by atoms with Crippen LogP contribution in [0.25, 0.3) is 0 Å². The van der Waals surface area contributed by atoms with Crippen molar-refractivity contribution in [1.29, 1.82) is 10.5 Å². The van der Waals surface area contributed by atoms with E-state index >= 15 is 0 Å². The number of carbonyl (C=O) groups excluding carboxylic acids is 4. The predicted molar refractivity (Wildman–Crippen MR) is 234 cm³/mol. The summed E-state index contributed by atoms with van der Waals surface area (Å²) in [5, 5.41) is 42.5. The predicted octanol–water partition coefficient (Wildman–Crippen LogP) is 3.93. The first kappa shape index (κ1) is 46.7. The van der Waals surface area contributed by atoms with Crippen LogP contribution in [0.4, 0.5) is 11.4 Å². The minimum absolute atomic E-state index is 0.0579. The Hall–Kier alpha value is -6.82. The van der Waals surface area contributed by atoms with Crippen LogP contribution in [0.5, 0.6) is 0 Å². The molecule has 0 aromatic heterocycles. The molecule has 64 heavy (non-hydrogen) atoms. The van der Waals surface area contributed by atoms with Gasteiger partial charge in [-0.15, -0.1) is 0 Å². The molecule has 6 rings (SSSR count). The molecule has 2 aliphatic heterocycles. The highest BCUT2D eigenvalue weighted by Gasteiger charge is 2.41. The summed E-state index contributed by atoms with van der Waals surface area (Å²) in [6.07, 6.45) is -5.21. The van der Waals surface area contributed by atoms with Gasteiger partial charge in [0.25, 0.3) is 0 Å². The number of hydrogen-bond acceptors (Lipinski definition) is 16. The molecule has 0 fully saturated rings. The number of carbonyl (C=O) groups is 4. The Balaban J connectivity index is 1.13. The molecule has 4 aromatic carbocycles. The third-order valence-corrected chi connectivity index (χ3v) is 10.8. The average molecular weight is 873 g/mol. The summed E-state index contributed by atoms with van der Waals surface area (Å²) in [6, 6.07) is 28.0. The molecule has 0 radical (unpaired) electrons. The van der Waals surface area contributed by atoms with Gasteiger partial charge in [-0.2, -0.15) is 10.5 Å². The van der Waals surface area contributed by atoms with E-state index in [0.29, 0.717) is 83.5 Å². The number of rotatable bonds is 19. The lowest BCUT2D eigenvalue weighted by Crippen LogP contribution is -2.43. The van der Waals surface area contributed by atoms with Crippen LogP contribution < -0.4 is 21.3 Å². The van der Waals surface area contributed by atoms with Crippen LogP contribution in [0.3, 0.4) is 0 Å². The van der Waals surface area contributed by atoms with Crippen LogP contribution in [0.15, 0.2) is 84.9 Å². The first-order valence-electron chi connectivity index (χ1n) is 21.1. The van der Waals surface area contributed by atoms with Crippen molar-refractivity contribution in [3.05, 3.63) is 129 Å². The molecule has 6 atom stereocenters. The third-order valence-electron chi connectivity index (χ3n) is 10.8. The van der Waals surface area contributed by atoms with Crippen molar-refractivity contribution in [3.8, 4) is 12.1 Å². The topological polar surface area (TPSA) is 252 Å². The van der Waals surface area contributed by atoms with E-state index < -0.39 is 48.3 Å². The minimum atomic E-state index is -2.36. The molecule has 0 spiro atoms. The Bertz CT molecular complexity index is 2230. The molecule has 16 heteroatoms. The molecule has 0 aliphatic carbocycles. The van der Waals surface area contributed by atoms with Crippen molar-refractivity contribution in [1.82, 2.24) is 0 Å². The molecule has 0 saturated carbocycles. The van der Waals surface area contributed by atoms with Gasteiger partial charge in [-0.05, 0) is 99.2 Å². The summed E-state index contributed by atoms with van der Waals surface area (Å²) in [7, 11) is 0. The van der Waals surface area contributed by atoms with E-state index in [2.05, 4.69) is 12.1 Å². The molecule has 334 valence electrons. The molecule has 16 nitrogen and oxygen atoms in total. The van der Waals surface area contributed by atoms with E-state index in [4.69, 9.17) is 30.4 Å². The number of esters is 4. The lowest BCUT2D eigenvalue weighted by Gasteiger charge is -2.22. The molecule has 6 N–H and O–H groups in total. The van der Waals surface area contributed by atoms with E-state index in [0.717, 1.165) is 11.1 Å². The number of aliphatic hydroxyl groups is 2. The molecule has 4 aromatic rings. The fourth-order valence-corrected chi connectivity index (χ4v) is 8.01. The number of aliphatic hydroxyl groups excluding tert-OH is 2. The molecular weight excluding hydrogens is 821 g/mol. The van der Waals surface area contributed by atoms with Gasteiger partial charge in [0.1, 0.15) is 24.3 Å². The minimum Gasteiger partial charge on any atom is -0.462 e. The van der Waals surface area contributed by atoms with Gasteiger partial charge in [0.15, 0.2) is 12.2 Å². The van der Waals surface area contributed by atoms with E-state index in [1.807, 2.05) is 23.6 Å². The Labute approximate surface area is 371 Å². The smallest absolute Gasteiger partial charge is 0.339 e. The summed E-state index contributed by atoms with van der Waals surface area (Å²) in [5.41, 5.74) is 17.0. The maximum atomic E-state index is 13.6. The fourth-order valence-electron chi connectivity index (χ4n) is 8.01. The maximum absolute atomic E-state index is 13.6. The van der Waals surface area contributed by atoms with E-state index in [-0.39, 0.29) is 38.4 Å². The van der Waals surface area contributed by atoms with Crippen molar-refractivity contribution >= 4 is 35.3 Å². The number of fused-ring (bicyclic) bond motifs is 2. The second-order valence-electron chi connectivity index (χ2n) is 16.1. The standard InChI is InChI=1S/C48H52N6O10/c1-29(51)19-31-21-35(25-49)41-37(23-31)39(27-53(41)15-9-17-61-45(57)33-11-5-3-6-12-33)63-47(59)43(55)44(56)48(60)64-40-28-54(16-10-18-62-46(58)34-13-7-4-8-14-34)42-36(26-50)22-32(20-30(2)52)24-38(40)42/h3-8,11-14,21-24,29-30,39-40,43-44,55-56H,9-10,15-20,27-28,51-52H2,1-2H3/t29-,30-,39?,40?,43?,44?/m0/s1. The highest BCUT2D eigenvalue weighted by molar-refractivity contribution is 5.90. The van der Waals surface area contributed by atoms with Gasteiger partial charge in [-0.3, -0.25) is 0 Å². The second-order valence-corrected chi connectivity index (χ2v) is 16.1. The van der Waals surface area contributed by atoms with Crippen LogP contribution in [-0.2, 0) is 41.4 Å². The number of nitrogens with zero attached hydrogens (tertiary/aromatic N) is 4. The average Bonchev–Trinajstić information content (AvgIpc) is 3.81. The van der Waals surface area contributed by atoms with Gasteiger partial charge in [0.05, 0.1) is 59.9 Å².